The fourth-order valence-corrected chi connectivity index (χ4v) is 2.72. The van der Waals surface area contributed by atoms with Crippen molar-refractivity contribution in [3.05, 3.63) is 0 Å². The summed E-state index contributed by atoms with van der Waals surface area (Å²) in [5, 5.41) is 10.3. The Morgan fingerprint density at radius 2 is 2.15 bits per heavy atom. The van der Waals surface area contributed by atoms with Crippen molar-refractivity contribution in [3.63, 3.8) is 0 Å². The fraction of sp³-hybridized carbons (Fsp3) is 0.833. The normalized spacial score (nSPS) is 37.3. The lowest BCUT2D eigenvalue weighted by atomic mass is 9.86. The minimum atomic E-state index is -0.504. The van der Waals surface area contributed by atoms with Gasteiger partial charge in [-0.15, -0.1) is 12.3 Å². The van der Waals surface area contributed by atoms with E-state index in [-0.39, 0.29) is 5.41 Å². The fourth-order valence-electron chi connectivity index (χ4n) is 2.72. The van der Waals surface area contributed by atoms with Crippen LogP contribution in [0.15, 0.2) is 0 Å². The van der Waals surface area contributed by atoms with Crippen LogP contribution in [0.2, 0.25) is 0 Å². The summed E-state index contributed by atoms with van der Waals surface area (Å²) >= 11 is 0. The van der Waals surface area contributed by atoms with Gasteiger partial charge in [0.05, 0.1) is 5.60 Å². The highest BCUT2D eigenvalue weighted by atomic mass is 16.3. The SMILES string of the molecule is C#CCCC1(O)CC(C)(C)CC1C. The molecule has 1 heteroatoms. The van der Waals surface area contributed by atoms with Gasteiger partial charge in [-0.05, 0) is 30.6 Å². The predicted octanol–water partition coefficient (Wildman–Crippen LogP) is 2.59. The summed E-state index contributed by atoms with van der Waals surface area (Å²) in [7, 11) is 0. The quantitative estimate of drug-likeness (QED) is 0.648. The lowest BCUT2D eigenvalue weighted by Gasteiger charge is -2.27. The molecule has 1 saturated carbocycles. The third-order valence-electron chi connectivity index (χ3n) is 3.26. The van der Waals surface area contributed by atoms with Crippen molar-refractivity contribution in [2.24, 2.45) is 11.3 Å². The molecule has 0 heterocycles. The number of aliphatic hydroxyl groups is 1. The van der Waals surface area contributed by atoms with Gasteiger partial charge in [0.15, 0.2) is 0 Å². The van der Waals surface area contributed by atoms with Gasteiger partial charge in [0.2, 0.25) is 0 Å². The Labute approximate surface area is 81.5 Å². The zero-order valence-corrected chi connectivity index (χ0v) is 8.93. The van der Waals surface area contributed by atoms with Crippen molar-refractivity contribution < 1.29 is 5.11 Å². The summed E-state index contributed by atoms with van der Waals surface area (Å²) in [6.45, 7) is 6.57. The van der Waals surface area contributed by atoms with E-state index in [1.165, 1.54) is 0 Å². The largest absolute Gasteiger partial charge is 0.390 e. The molecule has 0 aliphatic heterocycles. The highest BCUT2D eigenvalue weighted by molar-refractivity contribution is 5.00. The monoisotopic (exact) mass is 180 g/mol. The standard InChI is InChI=1S/C12H20O/c1-5-6-7-12(13)9-11(3,4)8-10(12)2/h1,10,13H,6-9H2,2-4H3. The molecular weight excluding hydrogens is 160 g/mol. The second kappa shape index (κ2) is 3.35. The summed E-state index contributed by atoms with van der Waals surface area (Å²) in [4.78, 5) is 0. The molecule has 0 saturated heterocycles. The molecule has 0 aromatic rings. The lowest BCUT2D eigenvalue weighted by Crippen LogP contribution is -2.31. The van der Waals surface area contributed by atoms with Crippen molar-refractivity contribution in [1.29, 1.82) is 0 Å². The van der Waals surface area contributed by atoms with E-state index in [1.54, 1.807) is 0 Å². The van der Waals surface area contributed by atoms with Crippen LogP contribution in [-0.2, 0) is 0 Å². The van der Waals surface area contributed by atoms with Crippen LogP contribution in [0.5, 0.6) is 0 Å². The van der Waals surface area contributed by atoms with Gasteiger partial charge in [-0.1, -0.05) is 20.8 Å². The highest BCUT2D eigenvalue weighted by Gasteiger charge is 2.46. The Hall–Kier alpha value is -0.480. The Kier molecular flexibility index (Phi) is 2.73. The van der Waals surface area contributed by atoms with Crippen LogP contribution in [0, 0.1) is 23.7 Å². The van der Waals surface area contributed by atoms with Crippen LogP contribution in [0.1, 0.15) is 46.5 Å². The second-order valence-corrected chi connectivity index (χ2v) is 5.25. The lowest BCUT2D eigenvalue weighted by molar-refractivity contribution is -0.00262. The van der Waals surface area contributed by atoms with Crippen LogP contribution in [-0.4, -0.2) is 10.7 Å². The number of terminal acetylenes is 1. The van der Waals surface area contributed by atoms with E-state index in [1.807, 2.05) is 0 Å². The maximum absolute atomic E-state index is 10.3. The molecule has 2 atom stereocenters. The molecule has 13 heavy (non-hydrogen) atoms. The predicted molar refractivity (Wildman–Crippen MR) is 55.2 cm³/mol. The number of rotatable bonds is 2. The van der Waals surface area contributed by atoms with Gasteiger partial charge in [-0.3, -0.25) is 0 Å². The van der Waals surface area contributed by atoms with Crippen LogP contribution < -0.4 is 0 Å². The molecule has 0 radical (unpaired) electrons. The van der Waals surface area contributed by atoms with Gasteiger partial charge in [0.1, 0.15) is 0 Å². The third kappa shape index (κ3) is 2.25. The summed E-state index contributed by atoms with van der Waals surface area (Å²) in [5.74, 6) is 2.99. The van der Waals surface area contributed by atoms with Crippen LogP contribution in [0.3, 0.4) is 0 Å². The molecule has 1 N–H and O–H groups in total. The maximum atomic E-state index is 10.3. The first-order chi connectivity index (χ1) is 5.90. The Balaban J connectivity index is 2.65. The van der Waals surface area contributed by atoms with Crippen LogP contribution in [0.4, 0.5) is 0 Å². The van der Waals surface area contributed by atoms with E-state index in [4.69, 9.17) is 6.42 Å². The van der Waals surface area contributed by atoms with Gasteiger partial charge in [0.25, 0.3) is 0 Å². The Bertz CT molecular complexity index is 224. The summed E-state index contributed by atoms with van der Waals surface area (Å²) < 4.78 is 0. The molecule has 0 aromatic heterocycles. The first-order valence-electron chi connectivity index (χ1n) is 5.05. The smallest absolute Gasteiger partial charge is 0.0687 e. The molecule has 0 bridgehead atoms. The number of hydrogen-bond donors (Lipinski definition) is 1. The molecule has 0 amide bonds. The molecule has 1 aliphatic rings. The Morgan fingerprint density at radius 3 is 2.54 bits per heavy atom. The average Bonchev–Trinajstić information content (AvgIpc) is 2.18. The zero-order chi connectivity index (χ0) is 10.1. The topological polar surface area (TPSA) is 20.2 Å². The molecule has 2 unspecified atom stereocenters. The van der Waals surface area contributed by atoms with Crippen molar-refractivity contribution in [2.75, 3.05) is 0 Å². The average molecular weight is 180 g/mol. The summed E-state index contributed by atoms with van der Waals surface area (Å²) in [6, 6.07) is 0. The van der Waals surface area contributed by atoms with Gasteiger partial charge >= 0.3 is 0 Å². The summed E-state index contributed by atoms with van der Waals surface area (Å²) in [5.41, 5.74) is -0.224. The first kappa shape index (κ1) is 10.6. The van der Waals surface area contributed by atoms with Crippen molar-refractivity contribution in [3.8, 4) is 12.3 Å². The molecule has 0 aromatic carbocycles. The molecule has 0 spiro atoms. The van der Waals surface area contributed by atoms with Gasteiger partial charge < -0.3 is 5.11 Å². The number of hydrogen-bond acceptors (Lipinski definition) is 1. The van der Waals surface area contributed by atoms with Crippen molar-refractivity contribution in [1.82, 2.24) is 0 Å². The van der Waals surface area contributed by atoms with E-state index in [0.717, 1.165) is 19.3 Å². The zero-order valence-electron chi connectivity index (χ0n) is 8.93. The summed E-state index contributed by atoms with van der Waals surface area (Å²) in [6.07, 6.45) is 8.66. The van der Waals surface area contributed by atoms with E-state index >= 15 is 0 Å². The molecule has 1 aliphatic carbocycles. The first-order valence-corrected chi connectivity index (χ1v) is 5.05. The molecular formula is C12H20O. The second-order valence-electron chi connectivity index (χ2n) is 5.25. The van der Waals surface area contributed by atoms with E-state index in [9.17, 15) is 5.11 Å². The van der Waals surface area contributed by atoms with E-state index in [2.05, 4.69) is 26.7 Å². The maximum Gasteiger partial charge on any atom is 0.0687 e. The van der Waals surface area contributed by atoms with Gasteiger partial charge in [-0.2, -0.15) is 0 Å². The van der Waals surface area contributed by atoms with Crippen molar-refractivity contribution in [2.45, 2.75) is 52.1 Å². The van der Waals surface area contributed by atoms with Gasteiger partial charge in [-0.25, -0.2) is 0 Å². The molecule has 1 fully saturated rings. The van der Waals surface area contributed by atoms with E-state index in [0.29, 0.717) is 12.3 Å². The molecule has 1 rings (SSSR count). The minimum Gasteiger partial charge on any atom is -0.390 e. The molecule has 1 nitrogen and oxygen atoms in total. The van der Waals surface area contributed by atoms with E-state index < -0.39 is 5.60 Å². The third-order valence-corrected chi connectivity index (χ3v) is 3.26. The molecule has 74 valence electrons. The minimum absolute atomic E-state index is 0.281. The van der Waals surface area contributed by atoms with Gasteiger partial charge in [0, 0.05) is 6.42 Å². The Morgan fingerprint density at radius 1 is 1.54 bits per heavy atom. The van der Waals surface area contributed by atoms with Crippen LogP contribution in [0.25, 0.3) is 0 Å². The van der Waals surface area contributed by atoms with Crippen LogP contribution >= 0.6 is 0 Å². The van der Waals surface area contributed by atoms with Crippen molar-refractivity contribution >= 4 is 0 Å². The highest BCUT2D eigenvalue weighted by Crippen LogP contribution is 2.49.